The second-order valence-electron chi connectivity index (χ2n) is 5.40. The van der Waals surface area contributed by atoms with Crippen LogP contribution in [0.2, 0.25) is 0 Å². The minimum Gasteiger partial charge on any atom is -0.444 e. The van der Waals surface area contributed by atoms with Crippen molar-refractivity contribution in [1.82, 2.24) is 5.32 Å². The van der Waals surface area contributed by atoms with Gasteiger partial charge in [0.05, 0.1) is 6.04 Å². The van der Waals surface area contributed by atoms with Gasteiger partial charge in [-0.2, -0.15) is 0 Å². The summed E-state index contributed by atoms with van der Waals surface area (Å²) in [6.45, 7) is 7.10. The standard InChI is InChI=1S/C12H21NO3/c1-8(10(14)9-6-5-7-9)13-11(15)16-12(2,3)4/h8-9H,5-7H2,1-4H3,(H,13,15)/t8-/m0/s1. The largest absolute Gasteiger partial charge is 0.444 e. The van der Waals surface area contributed by atoms with E-state index in [1.54, 1.807) is 27.7 Å². The molecule has 1 amide bonds. The number of hydrogen-bond acceptors (Lipinski definition) is 3. The van der Waals surface area contributed by atoms with Crippen molar-refractivity contribution >= 4 is 11.9 Å². The van der Waals surface area contributed by atoms with Crippen LogP contribution in [0.15, 0.2) is 0 Å². The van der Waals surface area contributed by atoms with Gasteiger partial charge in [0.15, 0.2) is 5.78 Å². The number of carbonyl (C=O) groups is 2. The fourth-order valence-corrected chi connectivity index (χ4v) is 1.60. The lowest BCUT2D eigenvalue weighted by atomic mass is 9.80. The second kappa shape index (κ2) is 4.85. The van der Waals surface area contributed by atoms with Gasteiger partial charge in [-0.05, 0) is 40.5 Å². The van der Waals surface area contributed by atoms with Gasteiger partial charge in [-0.25, -0.2) is 4.79 Å². The highest BCUT2D eigenvalue weighted by Gasteiger charge is 2.30. The molecule has 0 saturated heterocycles. The Kier molecular flexibility index (Phi) is 3.94. The van der Waals surface area contributed by atoms with E-state index in [9.17, 15) is 9.59 Å². The lowest BCUT2D eigenvalue weighted by Crippen LogP contribution is -2.45. The van der Waals surface area contributed by atoms with Crippen LogP contribution in [0.1, 0.15) is 47.0 Å². The summed E-state index contributed by atoms with van der Waals surface area (Å²) >= 11 is 0. The van der Waals surface area contributed by atoms with Crippen LogP contribution in [0.4, 0.5) is 4.79 Å². The van der Waals surface area contributed by atoms with Gasteiger partial charge in [0, 0.05) is 5.92 Å². The number of ether oxygens (including phenoxy) is 1. The lowest BCUT2D eigenvalue weighted by Gasteiger charge is -2.27. The highest BCUT2D eigenvalue weighted by Crippen LogP contribution is 2.28. The number of amides is 1. The molecule has 4 nitrogen and oxygen atoms in total. The third-order valence-electron chi connectivity index (χ3n) is 2.67. The zero-order chi connectivity index (χ0) is 12.3. The van der Waals surface area contributed by atoms with Gasteiger partial charge in [0.2, 0.25) is 0 Å². The summed E-state index contributed by atoms with van der Waals surface area (Å²) in [5, 5.41) is 2.57. The van der Waals surface area contributed by atoms with E-state index in [2.05, 4.69) is 5.32 Å². The minimum atomic E-state index is -0.524. The maximum absolute atomic E-state index is 11.8. The second-order valence-corrected chi connectivity index (χ2v) is 5.40. The smallest absolute Gasteiger partial charge is 0.408 e. The Bertz CT molecular complexity index is 276. The van der Waals surface area contributed by atoms with E-state index >= 15 is 0 Å². The predicted octanol–water partition coefficient (Wildman–Crippen LogP) is 2.27. The number of Topliss-reactive ketones (excluding diaryl/α,β-unsaturated/α-hetero) is 1. The third kappa shape index (κ3) is 3.83. The topological polar surface area (TPSA) is 55.4 Å². The number of alkyl carbamates (subject to hydrolysis) is 1. The SMILES string of the molecule is C[C@H](NC(=O)OC(C)(C)C)C(=O)C1CCC1. The number of ketones is 1. The van der Waals surface area contributed by atoms with Gasteiger partial charge in [-0.15, -0.1) is 0 Å². The molecule has 0 bridgehead atoms. The molecule has 4 heteroatoms. The Labute approximate surface area is 96.7 Å². The Hall–Kier alpha value is -1.06. The normalized spacial score (nSPS) is 18.5. The molecule has 92 valence electrons. The van der Waals surface area contributed by atoms with Gasteiger partial charge in [0.25, 0.3) is 0 Å². The lowest BCUT2D eigenvalue weighted by molar-refractivity contribution is -0.126. The van der Waals surface area contributed by atoms with Gasteiger partial charge in [-0.1, -0.05) is 6.42 Å². The van der Waals surface area contributed by atoms with Crippen molar-refractivity contribution in [2.24, 2.45) is 5.92 Å². The summed E-state index contributed by atoms with van der Waals surface area (Å²) in [6.07, 6.45) is 2.51. The number of hydrogen-bond donors (Lipinski definition) is 1. The van der Waals surface area contributed by atoms with Crippen LogP contribution < -0.4 is 5.32 Å². The molecule has 1 aliphatic rings. The highest BCUT2D eigenvalue weighted by atomic mass is 16.6. The summed E-state index contributed by atoms with van der Waals surface area (Å²) in [5.41, 5.74) is -0.524. The number of nitrogens with one attached hydrogen (secondary N) is 1. The Morgan fingerprint density at radius 2 is 1.88 bits per heavy atom. The molecule has 0 heterocycles. The van der Waals surface area contributed by atoms with Crippen molar-refractivity contribution in [2.45, 2.75) is 58.6 Å². The predicted molar refractivity (Wildman–Crippen MR) is 61.2 cm³/mol. The quantitative estimate of drug-likeness (QED) is 0.804. The van der Waals surface area contributed by atoms with E-state index in [4.69, 9.17) is 4.74 Å². The van der Waals surface area contributed by atoms with Crippen LogP contribution in [-0.4, -0.2) is 23.5 Å². The van der Waals surface area contributed by atoms with Gasteiger partial charge >= 0.3 is 6.09 Å². The molecular weight excluding hydrogens is 206 g/mol. The molecule has 1 N–H and O–H groups in total. The first-order chi connectivity index (χ1) is 7.29. The van der Waals surface area contributed by atoms with Crippen molar-refractivity contribution in [1.29, 1.82) is 0 Å². The maximum atomic E-state index is 11.8. The van der Waals surface area contributed by atoms with Gasteiger partial charge in [-0.3, -0.25) is 4.79 Å². The molecule has 16 heavy (non-hydrogen) atoms. The monoisotopic (exact) mass is 227 g/mol. The van der Waals surface area contributed by atoms with E-state index < -0.39 is 17.7 Å². The van der Waals surface area contributed by atoms with Crippen LogP contribution in [0, 0.1) is 5.92 Å². The van der Waals surface area contributed by atoms with Gasteiger partial charge < -0.3 is 10.1 Å². The van der Waals surface area contributed by atoms with Crippen molar-refractivity contribution < 1.29 is 14.3 Å². The Morgan fingerprint density at radius 1 is 1.31 bits per heavy atom. The van der Waals surface area contributed by atoms with Gasteiger partial charge in [0.1, 0.15) is 5.60 Å². The average Bonchev–Trinajstić information content (AvgIpc) is 1.96. The Balaban J connectivity index is 2.35. The molecule has 1 aliphatic carbocycles. The fraction of sp³-hybridized carbons (Fsp3) is 0.833. The zero-order valence-electron chi connectivity index (χ0n) is 10.5. The van der Waals surface area contributed by atoms with Crippen LogP contribution in [0.25, 0.3) is 0 Å². The van der Waals surface area contributed by atoms with E-state index in [0.717, 1.165) is 19.3 Å². The highest BCUT2D eigenvalue weighted by molar-refractivity contribution is 5.89. The number of rotatable bonds is 3. The summed E-state index contributed by atoms with van der Waals surface area (Å²) in [7, 11) is 0. The van der Waals surface area contributed by atoms with E-state index in [-0.39, 0.29) is 11.7 Å². The van der Waals surface area contributed by atoms with Crippen molar-refractivity contribution in [3.8, 4) is 0 Å². The first-order valence-corrected chi connectivity index (χ1v) is 5.83. The fourth-order valence-electron chi connectivity index (χ4n) is 1.60. The van der Waals surface area contributed by atoms with E-state index in [0.29, 0.717) is 0 Å². The summed E-state index contributed by atoms with van der Waals surface area (Å²) in [5.74, 6) is 0.266. The molecule has 0 aliphatic heterocycles. The number of carbonyl (C=O) groups excluding carboxylic acids is 2. The van der Waals surface area contributed by atoms with Crippen LogP contribution >= 0.6 is 0 Å². The van der Waals surface area contributed by atoms with E-state index in [1.807, 2.05) is 0 Å². The summed E-state index contributed by atoms with van der Waals surface area (Å²) in [6, 6.07) is -0.444. The maximum Gasteiger partial charge on any atom is 0.408 e. The molecule has 1 fully saturated rings. The molecule has 0 spiro atoms. The first kappa shape index (κ1) is 13.0. The van der Waals surface area contributed by atoms with Crippen LogP contribution in [-0.2, 0) is 9.53 Å². The van der Waals surface area contributed by atoms with E-state index in [1.165, 1.54) is 0 Å². The molecular formula is C12H21NO3. The molecule has 1 atom stereocenters. The zero-order valence-corrected chi connectivity index (χ0v) is 10.5. The molecule has 1 saturated carbocycles. The average molecular weight is 227 g/mol. The summed E-state index contributed by atoms with van der Waals surface area (Å²) in [4.78, 5) is 23.2. The van der Waals surface area contributed by atoms with Crippen LogP contribution in [0.5, 0.6) is 0 Å². The van der Waals surface area contributed by atoms with Crippen molar-refractivity contribution in [2.75, 3.05) is 0 Å². The molecule has 0 unspecified atom stereocenters. The molecule has 0 aromatic heterocycles. The first-order valence-electron chi connectivity index (χ1n) is 5.83. The molecule has 0 radical (unpaired) electrons. The van der Waals surface area contributed by atoms with Crippen molar-refractivity contribution in [3.63, 3.8) is 0 Å². The van der Waals surface area contributed by atoms with Crippen molar-refractivity contribution in [3.05, 3.63) is 0 Å². The summed E-state index contributed by atoms with van der Waals surface area (Å²) < 4.78 is 5.09. The Morgan fingerprint density at radius 3 is 2.25 bits per heavy atom. The molecule has 0 aromatic carbocycles. The third-order valence-corrected chi connectivity index (χ3v) is 2.67. The minimum absolute atomic E-state index is 0.122. The molecule has 0 aromatic rings. The van der Waals surface area contributed by atoms with Crippen LogP contribution in [0.3, 0.4) is 0 Å². The molecule has 1 rings (SSSR count).